The number of nitrogens with one attached hydrogen (secondary N) is 1. The minimum atomic E-state index is -0.428. The van der Waals surface area contributed by atoms with Crippen LogP contribution in [0, 0.1) is 0 Å². The van der Waals surface area contributed by atoms with Crippen LogP contribution in [-0.2, 0) is 4.74 Å². The third kappa shape index (κ3) is 8.61. The fourth-order valence-corrected chi connectivity index (χ4v) is 4.07. The zero-order chi connectivity index (χ0) is 23.5. The first-order valence-corrected chi connectivity index (χ1v) is 12.2. The Hall–Kier alpha value is -2.73. The highest BCUT2D eigenvalue weighted by Crippen LogP contribution is 2.17. The van der Waals surface area contributed by atoms with Gasteiger partial charge >= 0.3 is 6.09 Å². The van der Waals surface area contributed by atoms with E-state index in [1.807, 2.05) is 43.9 Å². The van der Waals surface area contributed by atoms with Crippen LogP contribution in [-0.4, -0.2) is 69.0 Å². The molecule has 0 radical (unpaired) electrons. The van der Waals surface area contributed by atoms with Crippen molar-refractivity contribution in [1.82, 2.24) is 10.2 Å². The SMILES string of the molecule is CC(C)(C)OC(=O)N1CCCN(c2ccccc2)CC1.c1ccc(N2CCCNCC2)cc1. The van der Waals surface area contributed by atoms with E-state index in [2.05, 4.69) is 57.6 Å². The quantitative estimate of drug-likeness (QED) is 0.721. The first-order chi connectivity index (χ1) is 15.9. The van der Waals surface area contributed by atoms with Gasteiger partial charge in [0.05, 0.1) is 0 Å². The number of carbonyl (C=O) groups is 1. The average molecular weight is 453 g/mol. The highest BCUT2D eigenvalue weighted by atomic mass is 16.6. The molecule has 2 aliphatic heterocycles. The summed E-state index contributed by atoms with van der Waals surface area (Å²) < 4.78 is 5.44. The van der Waals surface area contributed by atoms with E-state index in [9.17, 15) is 4.79 Å². The molecule has 0 unspecified atom stereocenters. The van der Waals surface area contributed by atoms with Crippen LogP contribution < -0.4 is 15.1 Å². The van der Waals surface area contributed by atoms with Crippen LogP contribution >= 0.6 is 0 Å². The molecule has 2 fully saturated rings. The Labute approximate surface area is 199 Å². The first-order valence-electron chi connectivity index (χ1n) is 12.2. The molecule has 0 bridgehead atoms. The van der Waals surface area contributed by atoms with Crippen molar-refractivity contribution in [3.63, 3.8) is 0 Å². The van der Waals surface area contributed by atoms with E-state index in [1.54, 1.807) is 0 Å². The highest BCUT2D eigenvalue weighted by Gasteiger charge is 2.24. The predicted molar refractivity (Wildman–Crippen MR) is 137 cm³/mol. The van der Waals surface area contributed by atoms with Crippen LogP contribution in [0.1, 0.15) is 33.6 Å². The van der Waals surface area contributed by atoms with Gasteiger partial charge in [-0.15, -0.1) is 0 Å². The van der Waals surface area contributed by atoms with Crippen molar-refractivity contribution in [1.29, 1.82) is 0 Å². The average Bonchev–Trinajstić information content (AvgIpc) is 3.23. The lowest BCUT2D eigenvalue weighted by molar-refractivity contribution is 0.0263. The number of ether oxygens (including phenoxy) is 1. The monoisotopic (exact) mass is 452 g/mol. The number of benzene rings is 2. The predicted octanol–water partition coefficient (Wildman–Crippen LogP) is 4.62. The van der Waals surface area contributed by atoms with Crippen molar-refractivity contribution in [2.24, 2.45) is 0 Å². The Morgan fingerprint density at radius 3 is 1.91 bits per heavy atom. The van der Waals surface area contributed by atoms with Crippen LogP contribution in [0.15, 0.2) is 60.7 Å². The van der Waals surface area contributed by atoms with Gasteiger partial charge in [-0.2, -0.15) is 0 Å². The lowest BCUT2D eigenvalue weighted by Gasteiger charge is -2.27. The van der Waals surface area contributed by atoms with E-state index >= 15 is 0 Å². The maximum atomic E-state index is 12.1. The Morgan fingerprint density at radius 2 is 1.30 bits per heavy atom. The molecule has 180 valence electrons. The minimum Gasteiger partial charge on any atom is -0.444 e. The van der Waals surface area contributed by atoms with Crippen molar-refractivity contribution in [3.8, 4) is 0 Å². The van der Waals surface area contributed by atoms with Gasteiger partial charge in [0.25, 0.3) is 0 Å². The Balaban J connectivity index is 0.000000203. The minimum absolute atomic E-state index is 0.201. The van der Waals surface area contributed by atoms with Gasteiger partial charge in [0.2, 0.25) is 0 Å². The van der Waals surface area contributed by atoms with Crippen molar-refractivity contribution in [3.05, 3.63) is 60.7 Å². The maximum Gasteiger partial charge on any atom is 0.410 e. The lowest BCUT2D eigenvalue weighted by Crippen LogP contribution is -2.39. The van der Waals surface area contributed by atoms with E-state index in [0.717, 1.165) is 45.7 Å². The van der Waals surface area contributed by atoms with E-state index in [4.69, 9.17) is 4.74 Å². The van der Waals surface area contributed by atoms with Gasteiger partial charge in [-0.05, 0) is 64.4 Å². The third-order valence-corrected chi connectivity index (χ3v) is 5.73. The summed E-state index contributed by atoms with van der Waals surface area (Å²) in [5.74, 6) is 0. The molecule has 2 saturated heterocycles. The molecule has 0 saturated carbocycles. The maximum absolute atomic E-state index is 12.1. The molecular formula is C27H40N4O2. The van der Waals surface area contributed by atoms with Crippen molar-refractivity contribution in [2.45, 2.75) is 39.2 Å². The molecule has 2 aromatic rings. The highest BCUT2D eigenvalue weighted by molar-refractivity contribution is 5.68. The van der Waals surface area contributed by atoms with Crippen LogP contribution in [0.25, 0.3) is 0 Å². The number of amides is 1. The largest absolute Gasteiger partial charge is 0.444 e. The topological polar surface area (TPSA) is 48.1 Å². The van der Waals surface area contributed by atoms with E-state index in [1.165, 1.54) is 24.3 Å². The number of para-hydroxylation sites is 2. The molecule has 1 N–H and O–H groups in total. The molecule has 6 heteroatoms. The summed E-state index contributed by atoms with van der Waals surface area (Å²) >= 11 is 0. The van der Waals surface area contributed by atoms with Gasteiger partial charge in [0, 0.05) is 57.2 Å². The Morgan fingerprint density at radius 1 is 0.727 bits per heavy atom. The normalized spacial score (nSPS) is 17.4. The molecule has 0 aliphatic carbocycles. The molecule has 4 rings (SSSR count). The van der Waals surface area contributed by atoms with Crippen LogP contribution in [0.5, 0.6) is 0 Å². The van der Waals surface area contributed by atoms with Crippen molar-refractivity contribution < 1.29 is 9.53 Å². The second-order valence-electron chi connectivity index (χ2n) is 9.57. The van der Waals surface area contributed by atoms with Gasteiger partial charge in [-0.1, -0.05) is 36.4 Å². The number of hydrogen-bond acceptors (Lipinski definition) is 5. The summed E-state index contributed by atoms with van der Waals surface area (Å²) in [5.41, 5.74) is 2.15. The standard InChI is InChI=1S/C16H24N2O2.C11H16N2/c1-16(2,3)20-15(19)18-11-7-10-17(12-13-18)14-8-5-4-6-9-14;1-2-5-11(6-3-1)13-9-4-7-12-8-10-13/h4-6,8-9H,7,10-13H2,1-3H3;1-3,5-6,12H,4,7-10H2. The molecule has 0 spiro atoms. The van der Waals surface area contributed by atoms with Crippen molar-refractivity contribution in [2.75, 3.05) is 62.2 Å². The summed E-state index contributed by atoms with van der Waals surface area (Å²) in [7, 11) is 0. The number of nitrogens with zero attached hydrogens (tertiary/aromatic N) is 3. The smallest absolute Gasteiger partial charge is 0.410 e. The fraction of sp³-hybridized carbons (Fsp3) is 0.519. The summed E-state index contributed by atoms with van der Waals surface area (Å²) in [6.07, 6.45) is 2.01. The van der Waals surface area contributed by atoms with Gasteiger partial charge in [-0.25, -0.2) is 4.79 Å². The summed E-state index contributed by atoms with van der Waals surface area (Å²) in [4.78, 5) is 18.7. The Kier molecular flexibility index (Phi) is 9.43. The van der Waals surface area contributed by atoms with Gasteiger partial charge < -0.3 is 24.8 Å². The fourth-order valence-electron chi connectivity index (χ4n) is 4.07. The molecule has 33 heavy (non-hydrogen) atoms. The summed E-state index contributed by atoms with van der Waals surface area (Å²) in [5, 5.41) is 3.41. The molecule has 0 atom stereocenters. The molecular weight excluding hydrogens is 412 g/mol. The van der Waals surface area contributed by atoms with E-state index in [-0.39, 0.29) is 6.09 Å². The second kappa shape index (κ2) is 12.5. The zero-order valence-corrected chi connectivity index (χ0v) is 20.5. The molecule has 6 nitrogen and oxygen atoms in total. The van der Waals surface area contributed by atoms with Gasteiger partial charge in [0.15, 0.2) is 0 Å². The van der Waals surface area contributed by atoms with E-state index in [0.29, 0.717) is 6.54 Å². The van der Waals surface area contributed by atoms with Crippen LogP contribution in [0.2, 0.25) is 0 Å². The zero-order valence-electron chi connectivity index (χ0n) is 20.5. The second-order valence-corrected chi connectivity index (χ2v) is 9.57. The van der Waals surface area contributed by atoms with Crippen molar-refractivity contribution >= 4 is 17.5 Å². The number of rotatable bonds is 2. The lowest BCUT2D eigenvalue weighted by atomic mass is 10.2. The summed E-state index contributed by atoms with van der Waals surface area (Å²) in [6, 6.07) is 21.0. The third-order valence-electron chi connectivity index (χ3n) is 5.73. The molecule has 2 aromatic carbocycles. The molecule has 1 amide bonds. The number of anilines is 2. The van der Waals surface area contributed by atoms with Crippen LogP contribution in [0.3, 0.4) is 0 Å². The number of carbonyl (C=O) groups excluding carboxylic acids is 1. The van der Waals surface area contributed by atoms with Gasteiger partial charge in [-0.3, -0.25) is 0 Å². The van der Waals surface area contributed by atoms with E-state index < -0.39 is 5.60 Å². The molecule has 2 aliphatic rings. The number of hydrogen-bond donors (Lipinski definition) is 1. The summed E-state index contributed by atoms with van der Waals surface area (Å²) in [6.45, 7) is 13.6. The Bertz CT molecular complexity index is 815. The molecule has 0 aromatic heterocycles. The van der Waals surface area contributed by atoms with Crippen LogP contribution in [0.4, 0.5) is 16.2 Å². The molecule has 2 heterocycles. The van der Waals surface area contributed by atoms with Gasteiger partial charge in [0.1, 0.15) is 5.60 Å². The first kappa shape index (κ1) is 24.9.